The van der Waals surface area contributed by atoms with Crippen molar-refractivity contribution in [1.29, 1.82) is 0 Å². The van der Waals surface area contributed by atoms with E-state index in [4.69, 9.17) is 14.3 Å². The first kappa shape index (κ1) is 18.7. The zero-order chi connectivity index (χ0) is 19.4. The van der Waals surface area contributed by atoms with Gasteiger partial charge in [-0.3, -0.25) is 4.79 Å². The lowest BCUT2D eigenvalue weighted by Crippen LogP contribution is -2.36. The number of benzene rings is 2. The van der Waals surface area contributed by atoms with Gasteiger partial charge in [-0.1, -0.05) is 17.3 Å². The van der Waals surface area contributed by atoms with Crippen LogP contribution in [0.3, 0.4) is 0 Å². The van der Waals surface area contributed by atoms with Crippen molar-refractivity contribution in [2.45, 2.75) is 25.5 Å². The largest absolute Gasteiger partial charge is 0.497 e. The van der Waals surface area contributed by atoms with Crippen molar-refractivity contribution in [2.75, 3.05) is 14.2 Å². The van der Waals surface area contributed by atoms with E-state index in [1.807, 2.05) is 13.0 Å². The van der Waals surface area contributed by atoms with Crippen molar-refractivity contribution >= 4 is 11.6 Å². The van der Waals surface area contributed by atoms with Gasteiger partial charge < -0.3 is 19.6 Å². The van der Waals surface area contributed by atoms with E-state index in [1.165, 1.54) is 12.1 Å². The molecule has 1 N–H and O–H groups in total. The quantitative estimate of drug-likeness (QED) is 0.845. The average Bonchev–Trinajstić information content (AvgIpc) is 3.17. The third-order valence-corrected chi connectivity index (χ3v) is 4.38. The van der Waals surface area contributed by atoms with E-state index in [-0.39, 0.29) is 24.2 Å². The van der Waals surface area contributed by atoms with Crippen LogP contribution in [0.4, 0.5) is 4.39 Å². The second-order valence-corrected chi connectivity index (χ2v) is 6.18. The Balaban J connectivity index is 1.66. The first-order chi connectivity index (χ1) is 13.0. The molecule has 0 fully saturated rings. The minimum Gasteiger partial charge on any atom is -0.497 e. The molecule has 0 bridgehead atoms. The van der Waals surface area contributed by atoms with E-state index in [1.54, 1.807) is 38.5 Å². The summed E-state index contributed by atoms with van der Waals surface area (Å²) < 4.78 is 24.0. The smallest absolute Gasteiger partial charge is 0.264 e. The molecule has 2 aromatic carbocycles. The Kier molecular flexibility index (Phi) is 5.59. The maximum Gasteiger partial charge on any atom is 0.264 e. The molecule has 142 valence electrons. The number of nitrogens with zero attached hydrogens (tertiary/aromatic N) is 1. The maximum atomic E-state index is 13.4. The molecule has 0 aliphatic carbocycles. The molecule has 1 amide bonds. The second kappa shape index (κ2) is 8.07. The van der Waals surface area contributed by atoms with Crippen molar-refractivity contribution in [3.05, 3.63) is 59.4 Å². The standard InChI is InChI=1S/C20H21FN2O4/c1-12(16-10-15(25-2)7-8-18(16)26-3)22-20(24)19-11-17(23-27-19)13-5-4-6-14(21)9-13/h4-10,12,19H,11H2,1-3H3,(H,22,24)/t12-,19-/m1/s1. The summed E-state index contributed by atoms with van der Waals surface area (Å²) in [7, 11) is 3.14. The fourth-order valence-corrected chi connectivity index (χ4v) is 2.92. The van der Waals surface area contributed by atoms with E-state index in [0.29, 0.717) is 22.8 Å². The third kappa shape index (κ3) is 4.19. The Hall–Kier alpha value is -3.09. The van der Waals surface area contributed by atoms with E-state index in [2.05, 4.69) is 10.5 Å². The van der Waals surface area contributed by atoms with E-state index in [9.17, 15) is 9.18 Å². The number of rotatable bonds is 6. The number of ether oxygens (including phenoxy) is 2. The highest BCUT2D eigenvalue weighted by Gasteiger charge is 2.30. The fourth-order valence-electron chi connectivity index (χ4n) is 2.92. The van der Waals surface area contributed by atoms with Crippen LogP contribution in [0.5, 0.6) is 11.5 Å². The number of carbonyl (C=O) groups is 1. The lowest BCUT2D eigenvalue weighted by molar-refractivity contribution is -0.131. The molecular formula is C20H21FN2O4. The number of oxime groups is 1. The number of carbonyl (C=O) groups excluding carboxylic acids is 1. The third-order valence-electron chi connectivity index (χ3n) is 4.38. The summed E-state index contributed by atoms with van der Waals surface area (Å²) in [4.78, 5) is 17.8. The van der Waals surface area contributed by atoms with E-state index < -0.39 is 6.10 Å². The van der Waals surface area contributed by atoms with Crippen molar-refractivity contribution in [1.82, 2.24) is 5.32 Å². The molecular weight excluding hydrogens is 351 g/mol. The molecule has 0 saturated carbocycles. The van der Waals surface area contributed by atoms with Crippen molar-refractivity contribution < 1.29 is 23.5 Å². The molecule has 1 aliphatic rings. The number of halogens is 1. The zero-order valence-electron chi connectivity index (χ0n) is 15.4. The number of hydrogen-bond donors (Lipinski definition) is 1. The van der Waals surface area contributed by atoms with Gasteiger partial charge in [-0.05, 0) is 37.3 Å². The number of methoxy groups -OCH3 is 2. The Morgan fingerprint density at radius 1 is 1.26 bits per heavy atom. The summed E-state index contributed by atoms with van der Waals surface area (Å²) in [5.41, 5.74) is 1.93. The normalized spacial score (nSPS) is 16.9. The number of hydrogen-bond acceptors (Lipinski definition) is 5. The van der Waals surface area contributed by atoms with Gasteiger partial charge in [0.05, 0.1) is 26.0 Å². The van der Waals surface area contributed by atoms with Gasteiger partial charge in [0.15, 0.2) is 0 Å². The van der Waals surface area contributed by atoms with Crippen LogP contribution in [0.15, 0.2) is 47.6 Å². The van der Waals surface area contributed by atoms with Crippen LogP contribution in [0.1, 0.15) is 30.5 Å². The monoisotopic (exact) mass is 372 g/mol. The van der Waals surface area contributed by atoms with Crippen molar-refractivity contribution in [3.63, 3.8) is 0 Å². The Morgan fingerprint density at radius 2 is 2.07 bits per heavy atom. The molecule has 0 saturated heterocycles. The minimum absolute atomic E-state index is 0.275. The van der Waals surface area contributed by atoms with Crippen LogP contribution in [0.2, 0.25) is 0 Å². The highest BCUT2D eigenvalue weighted by Crippen LogP contribution is 2.29. The summed E-state index contributed by atoms with van der Waals surface area (Å²) in [6, 6.07) is 11.1. The van der Waals surface area contributed by atoms with Gasteiger partial charge in [-0.2, -0.15) is 0 Å². The molecule has 1 aliphatic heterocycles. The van der Waals surface area contributed by atoms with Gasteiger partial charge in [0.1, 0.15) is 17.3 Å². The molecule has 27 heavy (non-hydrogen) atoms. The molecule has 3 rings (SSSR count). The molecule has 0 radical (unpaired) electrons. The summed E-state index contributed by atoms with van der Waals surface area (Å²) >= 11 is 0. The van der Waals surface area contributed by atoms with E-state index >= 15 is 0 Å². The molecule has 0 spiro atoms. The van der Waals surface area contributed by atoms with Crippen molar-refractivity contribution in [2.24, 2.45) is 5.16 Å². The Morgan fingerprint density at radius 3 is 2.78 bits per heavy atom. The summed E-state index contributed by atoms with van der Waals surface area (Å²) in [6.45, 7) is 1.85. The van der Waals surface area contributed by atoms with Crippen LogP contribution in [0.25, 0.3) is 0 Å². The summed E-state index contributed by atoms with van der Waals surface area (Å²) in [5.74, 6) is 0.651. The van der Waals surface area contributed by atoms with Gasteiger partial charge >= 0.3 is 0 Å². The van der Waals surface area contributed by atoms with Crippen LogP contribution >= 0.6 is 0 Å². The molecule has 0 aromatic heterocycles. The van der Waals surface area contributed by atoms with E-state index in [0.717, 1.165) is 5.56 Å². The predicted molar refractivity (Wildman–Crippen MR) is 98.5 cm³/mol. The van der Waals surface area contributed by atoms with Gasteiger partial charge in [-0.25, -0.2) is 4.39 Å². The summed E-state index contributed by atoms with van der Waals surface area (Å²) in [5, 5.41) is 6.84. The average molecular weight is 372 g/mol. The zero-order valence-corrected chi connectivity index (χ0v) is 15.4. The molecule has 7 heteroatoms. The van der Waals surface area contributed by atoms with Gasteiger partial charge in [0, 0.05) is 17.5 Å². The van der Waals surface area contributed by atoms with Crippen LogP contribution in [-0.4, -0.2) is 31.9 Å². The summed E-state index contributed by atoms with van der Waals surface area (Å²) in [6.07, 6.45) is -0.487. The van der Waals surface area contributed by atoms with Crippen LogP contribution < -0.4 is 14.8 Å². The molecule has 2 atom stereocenters. The fraction of sp³-hybridized carbons (Fsp3) is 0.300. The van der Waals surface area contributed by atoms with Crippen LogP contribution in [0, 0.1) is 5.82 Å². The second-order valence-electron chi connectivity index (χ2n) is 6.18. The molecule has 1 heterocycles. The highest BCUT2D eigenvalue weighted by molar-refractivity contribution is 6.04. The lowest BCUT2D eigenvalue weighted by Gasteiger charge is -2.19. The lowest BCUT2D eigenvalue weighted by atomic mass is 10.0. The minimum atomic E-state index is -0.762. The maximum absolute atomic E-state index is 13.4. The SMILES string of the molecule is COc1ccc(OC)c([C@@H](C)NC(=O)[C@H]2CC(c3cccc(F)c3)=NO2)c1. The molecule has 0 unspecified atom stereocenters. The first-order valence-corrected chi connectivity index (χ1v) is 8.52. The van der Waals surface area contributed by atoms with Gasteiger partial charge in [-0.15, -0.1) is 0 Å². The molecule has 2 aromatic rings. The first-order valence-electron chi connectivity index (χ1n) is 8.52. The number of amides is 1. The molecule has 6 nitrogen and oxygen atoms in total. The van der Waals surface area contributed by atoms with Gasteiger partial charge in [0.25, 0.3) is 5.91 Å². The topological polar surface area (TPSA) is 69.2 Å². The van der Waals surface area contributed by atoms with Gasteiger partial charge in [0.2, 0.25) is 6.10 Å². The predicted octanol–water partition coefficient (Wildman–Crippen LogP) is 3.21. The Labute approximate surface area is 156 Å². The van der Waals surface area contributed by atoms with Crippen LogP contribution in [-0.2, 0) is 9.63 Å². The Bertz CT molecular complexity index is 869. The number of nitrogens with one attached hydrogen (secondary N) is 1. The van der Waals surface area contributed by atoms with Crippen molar-refractivity contribution in [3.8, 4) is 11.5 Å². The highest BCUT2D eigenvalue weighted by atomic mass is 19.1.